The summed E-state index contributed by atoms with van der Waals surface area (Å²) in [6.07, 6.45) is 2.33. The lowest BCUT2D eigenvalue weighted by atomic mass is 9.85. The van der Waals surface area contributed by atoms with Gasteiger partial charge in [0.05, 0.1) is 5.69 Å². The van der Waals surface area contributed by atoms with E-state index in [4.69, 9.17) is 0 Å². The molecule has 3 aromatic rings. The quantitative estimate of drug-likeness (QED) is 0.575. The van der Waals surface area contributed by atoms with E-state index in [1.54, 1.807) is 0 Å². The van der Waals surface area contributed by atoms with E-state index in [9.17, 15) is 4.79 Å². The number of fused-ring (bicyclic) bond motifs is 1. The van der Waals surface area contributed by atoms with E-state index in [2.05, 4.69) is 80.8 Å². The standard InChI is InChI=1S/C28H32N2O/c1-28(2,3)25-15-13-22(14-16-25)19-24-20-23-11-7-8-12-26(23)29-30(27(24)31)18-17-21-9-5-4-6-10-21/h4-16,24,29H,17-20H2,1-3H3. The Morgan fingerprint density at radius 1 is 0.871 bits per heavy atom. The lowest BCUT2D eigenvalue weighted by Crippen LogP contribution is -2.41. The molecule has 1 unspecified atom stereocenters. The maximum Gasteiger partial charge on any atom is 0.244 e. The Morgan fingerprint density at radius 3 is 2.26 bits per heavy atom. The van der Waals surface area contributed by atoms with E-state index in [0.29, 0.717) is 6.54 Å². The van der Waals surface area contributed by atoms with Gasteiger partial charge in [-0.25, -0.2) is 0 Å². The van der Waals surface area contributed by atoms with Crippen LogP contribution in [0.5, 0.6) is 0 Å². The summed E-state index contributed by atoms with van der Waals surface area (Å²) in [4.78, 5) is 13.5. The van der Waals surface area contributed by atoms with Crippen LogP contribution in [0.2, 0.25) is 0 Å². The van der Waals surface area contributed by atoms with Crippen molar-refractivity contribution in [3.05, 3.63) is 101 Å². The number of hydrogen-bond acceptors (Lipinski definition) is 2. The number of amides is 1. The summed E-state index contributed by atoms with van der Waals surface area (Å²) in [5, 5.41) is 1.83. The van der Waals surface area contributed by atoms with Crippen molar-refractivity contribution >= 4 is 11.6 Å². The molecule has 3 heteroatoms. The molecular formula is C28H32N2O. The zero-order chi connectivity index (χ0) is 21.8. The van der Waals surface area contributed by atoms with E-state index in [0.717, 1.165) is 24.9 Å². The van der Waals surface area contributed by atoms with Crippen LogP contribution >= 0.6 is 0 Å². The zero-order valence-corrected chi connectivity index (χ0v) is 18.8. The average Bonchev–Trinajstić information content (AvgIpc) is 2.89. The van der Waals surface area contributed by atoms with Gasteiger partial charge >= 0.3 is 0 Å². The molecule has 1 heterocycles. The highest BCUT2D eigenvalue weighted by molar-refractivity contribution is 5.82. The third kappa shape index (κ3) is 5.16. The molecule has 1 aliphatic rings. The molecule has 31 heavy (non-hydrogen) atoms. The molecule has 0 saturated heterocycles. The van der Waals surface area contributed by atoms with Crippen LogP contribution < -0.4 is 5.43 Å². The van der Waals surface area contributed by atoms with Gasteiger partial charge in [-0.15, -0.1) is 0 Å². The first-order valence-corrected chi connectivity index (χ1v) is 11.2. The maximum absolute atomic E-state index is 13.5. The molecule has 0 aliphatic carbocycles. The molecule has 3 aromatic carbocycles. The molecule has 0 saturated carbocycles. The fourth-order valence-electron chi connectivity index (χ4n) is 4.22. The molecule has 0 spiro atoms. The first-order valence-electron chi connectivity index (χ1n) is 11.2. The Kier molecular flexibility index (Phi) is 6.13. The number of rotatable bonds is 5. The minimum atomic E-state index is -0.0765. The third-order valence-electron chi connectivity index (χ3n) is 6.12. The number of nitrogens with one attached hydrogen (secondary N) is 1. The van der Waals surface area contributed by atoms with Crippen LogP contribution in [0.1, 0.15) is 43.0 Å². The van der Waals surface area contributed by atoms with Crippen LogP contribution in [-0.4, -0.2) is 17.5 Å². The van der Waals surface area contributed by atoms with E-state index in [-0.39, 0.29) is 17.2 Å². The van der Waals surface area contributed by atoms with E-state index in [1.807, 2.05) is 29.3 Å². The van der Waals surface area contributed by atoms with Gasteiger partial charge < -0.3 is 0 Å². The molecule has 3 nitrogen and oxygen atoms in total. The summed E-state index contributed by atoms with van der Waals surface area (Å²) >= 11 is 0. The molecule has 4 rings (SSSR count). The number of hydrazine groups is 1. The molecule has 0 radical (unpaired) electrons. The Bertz CT molecular complexity index is 1020. The van der Waals surface area contributed by atoms with Crippen molar-refractivity contribution in [2.75, 3.05) is 12.0 Å². The molecule has 1 amide bonds. The lowest BCUT2D eigenvalue weighted by Gasteiger charge is -2.26. The Balaban J connectivity index is 1.55. The van der Waals surface area contributed by atoms with Gasteiger partial charge in [-0.2, -0.15) is 0 Å². The van der Waals surface area contributed by atoms with Crippen LogP contribution in [0.3, 0.4) is 0 Å². The van der Waals surface area contributed by atoms with Crippen LogP contribution in [0.25, 0.3) is 0 Å². The number of benzene rings is 3. The predicted molar refractivity (Wildman–Crippen MR) is 128 cm³/mol. The summed E-state index contributed by atoms with van der Waals surface area (Å²) < 4.78 is 0. The van der Waals surface area contributed by atoms with Gasteiger partial charge in [0.2, 0.25) is 5.91 Å². The van der Waals surface area contributed by atoms with Gasteiger partial charge in [0.15, 0.2) is 0 Å². The molecular weight excluding hydrogens is 380 g/mol. The highest BCUT2D eigenvalue weighted by Crippen LogP contribution is 2.28. The third-order valence-corrected chi connectivity index (χ3v) is 6.12. The van der Waals surface area contributed by atoms with Gasteiger partial charge in [-0.1, -0.05) is 93.6 Å². The van der Waals surface area contributed by atoms with Crippen LogP contribution in [0, 0.1) is 5.92 Å². The fourth-order valence-corrected chi connectivity index (χ4v) is 4.22. The average molecular weight is 413 g/mol. The van der Waals surface area contributed by atoms with Crippen LogP contribution in [-0.2, 0) is 29.5 Å². The predicted octanol–water partition coefficient (Wildman–Crippen LogP) is 5.80. The summed E-state index contributed by atoms with van der Waals surface area (Å²) in [5.74, 6) is 0.0967. The number of anilines is 1. The summed E-state index contributed by atoms with van der Waals surface area (Å²) in [6.45, 7) is 7.33. The summed E-state index contributed by atoms with van der Waals surface area (Å²) in [7, 11) is 0. The number of hydrogen-bond donors (Lipinski definition) is 1. The smallest absolute Gasteiger partial charge is 0.244 e. The van der Waals surface area contributed by atoms with Crippen molar-refractivity contribution in [2.24, 2.45) is 5.92 Å². The van der Waals surface area contributed by atoms with Gasteiger partial charge in [0, 0.05) is 12.5 Å². The second-order valence-electron chi connectivity index (χ2n) is 9.55. The number of carbonyl (C=O) groups excluding carboxylic acids is 1. The zero-order valence-electron chi connectivity index (χ0n) is 18.8. The van der Waals surface area contributed by atoms with Crippen molar-refractivity contribution in [3.63, 3.8) is 0 Å². The Hall–Kier alpha value is -3.07. The van der Waals surface area contributed by atoms with Crippen LogP contribution in [0.15, 0.2) is 78.9 Å². The largest absolute Gasteiger partial charge is 0.296 e. The molecule has 0 bridgehead atoms. The van der Waals surface area contributed by atoms with Gasteiger partial charge in [0.25, 0.3) is 0 Å². The molecule has 1 aliphatic heterocycles. The van der Waals surface area contributed by atoms with Gasteiger partial charge in [-0.05, 0) is 53.0 Å². The SMILES string of the molecule is CC(C)(C)c1ccc(CC2Cc3ccccc3NN(CCc3ccccc3)C2=O)cc1. The fraction of sp³-hybridized carbons (Fsp3) is 0.321. The first-order chi connectivity index (χ1) is 14.9. The molecule has 0 fully saturated rings. The molecule has 160 valence electrons. The number of para-hydroxylation sites is 1. The van der Waals surface area contributed by atoms with Gasteiger partial charge in [-0.3, -0.25) is 15.2 Å². The Morgan fingerprint density at radius 2 is 1.55 bits per heavy atom. The number of carbonyl (C=O) groups is 1. The summed E-state index contributed by atoms with van der Waals surface area (Å²) in [6, 6.07) is 27.4. The van der Waals surface area contributed by atoms with Gasteiger partial charge in [0.1, 0.15) is 0 Å². The second-order valence-corrected chi connectivity index (χ2v) is 9.55. The van der Waals surface area contributed by atoms with Crippen LogP contribution in [0.4, 0.5) is 5.69 Å². The van der Waals surface area contributed by atoms with E-state index in [1.165, 1.54) is 22.3 Å². The van der Waals surface area contributed by atoms with E-state index < -0.39 is 0 Å². The molecule has 1 N–H and O–H groups in total. The minimum Gasteiger partial charge on any atom is -0.296 e. The topological polar surface area (TPSA) is 32.3 Å². The van der Waals surface area contributed by atoms with Crippen molar-refractivity contribution in [3.8, 4) is 0 Å². The van der Waals surface area contributed by atoms with Crippen molar-refractivity contribution in [1.29, 1.82) is 0 Å². The van der Waals surface area contributed by atoms with Crippen molar-refractivity contribution < 1.29 is 4.79 Å². The van der Waals surface area contributed by atoms with E-state index >= 15 is 0 Å². The second kappa shape index (κ2) is 8.97. The highest BCUT2D eigenvalue weighted by Gasteiger charge is 2.29. The normalized spacial score (nSPS) is 16.4. The monoisotopic (exact) mass is 412 g/mol. The minimum absolute atomic E-state index is 0.0765. The Labute approximate surface area is 186 Å². The lowest BCUT2D eigenvalue weighted by molar-refractivity contribution is -0.133. The highest BCUT2D eigenvalue weighted by atomic mass is 16.2. The number of nitrogens with zero attached hydrogens (tertiary/aromatic N) is 1. The van der Waals surface area contributed by atoms with Crippen molar-refractivity contribution in [1.82, 2.24) is 5.01 Å². The maximum atomic E-state index is 13.5. The van der Waals surface area contributed by atoms with Crippen molar-refractivity contribution in [2.45, 2.75) is 45.4 Å². The molecule has 0 aromatic heterocycles. The molecule has 1 atom stereocenters. The first kappa shape index (κ1) is 21.2. The summed E-state index contributed by atoms with van der Waals surface area (Å²) in [5.41, 5.74) is 9.56.